The highest BCUT2D eigenvalue weighted by Crippen LogP contribution is 2.25. The van der Waals surface area contributed by atoms with Crippen molar-refractivity contribution >= 4 is 27.3 Å². The molecule has 56 valence electrons. The van der Waals surface area contributed by atoms with Gasteiger partial charge in [0.2, 0.25) is 0 Å². The molecule has 1 aromatic heterocycles. The molecular formula is C7H9BrOS. The van der Waals surface area contributed by atoms with Crippen LogP contribution in [0.25, 0.3) is 0 Å². The Morgan fingerprint density at radius 3 is 2.80 bits per heavy atom. The molecule has 0 saturated carbocycles. The Labute approximate surface area is 72.8 Å². The van der Waals surface area contributed by atoms with Gasteiger partial charge in [0.25, 0.3) is 0 Å². The molecule has 3 heteroatoms. The average molecular weight is 221 g/mol. The number of alkyl halides is 1. The van der Waals surface area contributed by atoms with Crippen molar-refractivity contribution in [2.75, 3.05) is 0 Å². The van der Waals surface area contributed by atoms with Gasteiger partial charge in [0.15, 0.2) is 0 Å². The van der Waals surface area contributed by atoms with E-state index in [2.05, 4.69) is 15.9 Å². The first kappa shape index (κ1) is 8.24. The summed E-state index contributed by atoms with van der Waals surface area (Å²) >= 11 is 4.90. The molecule has 0 aliphatic heterocycles. The molecule has 0 radical (unpaired) electrons. The van der Waals surface area contributed by atoms with Gasteiger partial charge in [-0.3, -0.25) is 0 Å². The van der Waals surface area contributed by atoms with Crippen LogP contribution in [-0.4, -0.2) is 9.93 Å². The molecule has 0 aromatic carbocycles. The van der Waals surface area contributed by atoms with E-state index in [-0.39, 0.29) is 10.9 Å². The average Bonchev–Trinajstić information content (AvgIpc) is 2.36. The Kier molecular flexibility index (Phi) is 2.89. The zero-order chi connectivity index (χ0) is 7.56. The fourth-order valence-electron chi connectivity index (χ4n) is 0.686. The molecule has 0 spiro atoms. The number of rotatable bonds is 2. The summed E-state index contributed by atoms with van der Waals surface area (Å²) in [4.78, 5) is 1.15. The minimum atomic E-state index is -0.361. The van der Waals surface area contributed by atoms with E-state index in [9.17, 15) is 5.11 Å². The van der Waals surface area contributed by atoms with Crippen molar-refractivity contribution in [1.82, 2.24) is 0 Å². The highest BCUT2D eigenvalue weighted by atomic mass is 79.9. The summed E-state index contributed by atoms with van der Waals surface area (Å²) in [6.45, 7) is 1.93. The predicted molar refractivity (Wildman–Crippen MR) is 47.7 cm³/mol. The van der Waals surface area contributed by atoms with Crippen molar-refractivity contribution in [1.29, 1.82) is 0 Å². The highest BCUT2D eigenvalue weighted by molar-refractivity contribution is 9.09. The number of thiophene rings is 1. The Bertz CT molecular complexity index is 183. The molecule has 0 fully saturated rings. The second-order valence-electron chi connectivity index (χ2n) is 2.14. The van der Waals surface area contributed by atoms with Gasteiger partial charge in [-0.1, -0.05) is 22.0 Å². The smallest absolute Gasteiger partial charge is 0.100 e. The van der Waals surface area contributed by atoms with Gasteiger partial charge < -0.3 is 5.11 Å². The van der Waals surface area contributed by atoms with E-state index >= 15 is 0 Å². The van der Waals surface area contributed by atoms with Crippen LogP contribution in [-0.2, 0) is 0 Å². The molecule has 0 saturated heterocycles. The Morgan fingerprint density at radius 1 is 1.70 bits per heavy atom. The largest absolute Gasteiger partial charge is 0.386 e. The van der Waals surface area contributed by atoms with Crippen molar-refractivity contribution in [2.24, 2.45) is 0 Å². The van der Waals surface area contributed by atoms with Gasteiger partial charge >= 0.3 is 0 Å². The Balaban J connectivity index is 2.68. The highest BCUT2D eigenvalue weighted by Gasteiger charge is 2.13. The third-order valence-corrected chi connectivity index (χ3v) is 2.71. The number of aliphatic hydroxyl groups excluding tert-OH is 1. The van der Waals surface area contributed by atoms with Crippen molar-refractivity contribution in [2.45, 2.75) is 17.9 Å². The Hall–Kier alpha value is 0.140. The summed E-state index contributed by atoms with van der Waals surface area (Å²) in [7, 11) is 0. The molecule has 1 aromatic rings. The molecule has 2 atom stereocenters. The van der Waals surface area contributed by atoms with Crippen LogP contribution in [0.3, 0.4) is 0 Å². The van der Waals surface area contributed by atoms with Crippen LogP contribution in [0.1, 0.15) is 17.9 Å². The quantitative estimate of drug-likeness (QED) is 0.761. The maximum Gasteiger partial charge on any atom is 0.100 e. The first-order chi connectivity index (χ1) is 4.72. The monoisotopic (exact) mass is 220 g/mol. The van der Waals surface area contributed by atoms with Gasteiger partial charge in [-0.15, -0.1) is 11.3 Å². The lowest BCUT2D eigenvalue weighted by atomic mass is 10.2. The minimum Gasteiger partial charge on any atom is -0.386 e. The summed E-state index contributed by atoms with van der Waals surface area (Å²) in [6.07, 6.45) is -0.361. The van der Waals surface area contributed by atoms with Crippen molar-refractivity contribution < 1.29 is 5.11 Å². The van der Waals surface area contributed by atoms with Crippen LogP contribution in [0.4, 0.5) is 0 Å². The molecule has 0 bridgehead atoms. The summed E-state index contributed by atoms with van der Waals surface area (Å²) in [5, 5.41) is 11.4. The molecule has 1 rings (SSSR count). The lowest BCUT2D eigenvalue weighted by Gasteiger charge is -2.09. The van der Waals surface area contributed by atoms with Crippen molar-refractivity contribution in [3.8, 4) is 0 Å². The van der Waals surface area contributed by atoms with Gasteiger partial charge in [-0.05, 0) is 18.4 Å². The summed E-state index contributed by atoms with van der Waals surface area (Å²) in [6, 6.07) is 3.88. The maximum atomic E-state index is 9.45. The van der Waals surface area contributed by atoms with E-state index in [4.69, 9.17) is 0 Å². The van der Waals surface area contributed by atoms with Gasteiger partial charge in [0.05, 0.1) is 0 Å². The van der Waals surface area contributed by atoms with E-state index < -0.39 is 0 Å². The first-order valence-electron chi connectivity index (χ1n) is 3.07. The lowest BCUT2D eigenvalue weighted by Crippen LogP contribution is -2.05. The number of hydrogen-bond acceptors (Lipinski definition) is 2. The van der Waals surface area contributed by atoms with Crippen LogP contribution in [0.2, 0.25) is 0 Å². The molecule has 1 heterocycles. The summed E-state index contributed by atoms with van der Waals surface area (Å²) in [5.41, 5.74) is 0. The van der Waals surface area contributed by atoms with E-state index in [1.165, 1.54) is 0 Å². The van der Waals surface area contributed by atoms with Crippen LogP contribution < -0.4 is 0 Å². The molecule has 10 heavy (non-hydrogen) atoms. The topological polar surface area (TPSA) is 20.2 Å². The van der Waals surface area contributed by atoms with E-state index in [0.717, 1.165) is 4.88 Å². The van der Waals surface area contributed by atoms with E-state index in [1.54, 1.807) is 11.3 Å². The van der Waals surface area contributed by atoms with Crippen molar-refractivity contribution in [3.63, 3.8) is 0 Å². The third-order valence-electron chi connectivity index (χ3n) is 1.27. The van der Waals surface area contributed by atoms with Crippen LogP contribution in [0.5, 0.6) is 0 Å². The number of aliphatic hydroxyl groups is 1. The van der Waals surface area contributed by atoms with Gasteiger partial charge in [-0.25, -0.2) is 0 Å². The fraction of sp³-hybridized carbons (Fsp3) is 0.429. The minimum absolute atomic E-state index is 0.131. The maximum absolute atomic E-state index is 9.45. The standard InChI is InChI=1S/C7H9BrOS/c1-5(8)7(9)6-3-2-4-10-6/h2-5,7,9H,1H3. The zero-order valence-corrected chi connectivity index (χ0v) is 8.02. The molecule has 1 nitrogen and oxygen atoms in total. The fourth-order valence-corrected chi connectivity index (χ4v) is 1.96. The van der Waals surface area contributed by atoms with Crippen molar-refractivity contribution in [3.05, 3.63) is 22.4 Å². The van der Waals surface area contributed by atoms with E-state index in [1.807, 2.05) is 24.4 Å². The molecule has 0 aliphatic rings. The molecule has 0 amide bonds. The normalized spacial score (nSPS) is 16.7. The predicted octanol–water partition coefficient (Wildman–Crippen LogP) is 2.56. The number of halogens is 1. The second kappa shape index (κ2) is 3.51. The molecular weight excluding hydrogens is 212 g/mol. The first-order valence-corrected chi connectivity index (χ1v) is 4.87. The third kappa shape index (κ3) is 1.81. The number of hydrogen-bond donors (Lipinski definition) is 1. The zero-order valence-electron chi connectivity index (χ0n) is 5.62. The lowest BCUT2D eigenvalue weighted by molar-refractivity contribution is 0.185. The van der Waals surface area contributed by atoms with Gasteiger partial charge in [0.1, 0.15) is 6.10 Å². The van der Waals surface area contributed by atoms with Gasteiger partial charge in [-0.2, -0.15) is 0 Å². The molecule has 2 unspecified atom stereocenters. The van der Waals surface area contributed by atoms with Crippen LogP contribution >= 0.6 is 27.3 Å². The summed E-state index contributed by atoms with van der Waals surface area (Å²) in [5.74, 6) is 0. The second-order valence-corrected chi connectivity index (χ2v) is 4.56. The molecule has 0 aliphatic carbocycles. The van der Waals surface area contributed by atoms with Gasteiger partial charge in [0, 0.05) is 9.70 Å². The van der Waals surface area contributed by atoms with E-state index in [0.29, 0.717) is 0 Å². The van der Waals surface area contributed by atoms with Crippen LogP contribution in [0.15, 0.2) is 17.5 Å². The SMILES string of the molecule is CC(Br)C(O)c1cccs1. The summed E-state index contributed by atoms with van der Waals surface area (Å²) < 4.78 is 0. The molecule has 1 N–H and O–H groups in total. The Morgan fingerprint density at radius 2 is 2.40 bits per heavy atom. The van der Waals surface area contributed by atoms with Crippen LogP contribution in [0, 0.1) is 0 Å².